The van der Waals surface area contributed by atoms with E-state index in [4.69, 9.17) is 10.5 Å². The van der Waals surface area contributed by atoms with Gasteiger partial charge in [0.25, 0.3) is 0 Å². The number of benzene rings is 1. The van der Waals surface area contributed by atoms with Crippen LogP contribution in [0.5, 0.6) is 0 Å². The van der Waals surface area contributed by atoms with E-state index < -0.39 is 5.60 Å². The summed E-state index contributed by atoms with van der Waals surface area (Å²) in [7, 11) is 0. The van der Waals surface area contributed by atoms with Crippen molar-refractivity contribution < 1.29 is 9.53 Å². The molecule has 1 fully saturated rings. The van der Waals surface area contributed by atoms with Crippen molar-refractivity contribution in [2.24, 2.45) is 5.73 Å². The molecule has 1 aliphatic rings. The molecule has 0 amide bonds. The number of esters is 1. The quantitative estimate of drug-likeness (QED) is 0.817. The number of aryl methyl sites for hydroxylation is 1. The van der Waals surface area contributed by atoms with Crippen LogP contribution in [0.4, 0.5) is 0 Å². The van der Waals surface area contributed by atoms with E-state index in [0.717, 1.165) is 24.0 Å². The zero-order chi connectivity index (χ0) is 13.6. The first-order valence-electron chi connectivity index (χ1n) is 6.35. The third-order valence-corrected chi connectivity index (χ3v) is 3.21. The van der Waals surface area contributed by atoms with Crippen LogP contribution in [0, 0.1) is 6.92 Å². The van der Waals surface area contributed by atoms with E-state index in [-0.39, 0.29) is 11.5 Å². The second-order valence-corrected chi connectivity index (χ2v) is 6.19. The second-order valence-electron chi connectivity index (χ2n) is 6.19. The molecule has 18 heavy (non-hydrogen) atoms. The molecule has 1 aliphatic carbocycles. The number of carbonyl (C=O) groups excluding carboxylic acids is 1. The molecule has 1 aromatic rings. The first-order valence-corrected chi connectivity index (χ1v) is 6.35. The summed E-state index contributed by atoms with van der Waals surface area (Å²) in [6.07, 6.45) is 2.05. The highest BCUT2D eigenvalue weighted by atomic mass is 16.6. The second kappa shape index (κ2) is 4.09. The van der Waals surface area contributed by atoms with Gasteiger partial charge >= 0.3 is 5.97 Å². The Kier molecular flexibility index (Phi) is 2.98. The Morgan fingerprint density at radius 3 is 2.39 bits per heavy atom. The van der Waals surface area contributed by atoms with Crippen molar-refractivity contribution >= 4 is 5.97 Å². The highest BCUT2D eigenvalue weighted by Crippen LogP contribution is 2.43. The summed E-state index contributed by atoms with van der Waals surface area (Å²) in [5, 5.41) is 0. The predicted octanol–water partition coefficient (Wildman–Crippen LogP) is 2.90. The van der Waals surface area contributed by atoms with Gasteiger partial charge in [-0.2, -0.15) is 0 Å². The van der Waals surface area contributed by atoms with Gasteiger partial charge in [-0.15, -0.1) is 0 Å². The normalized spacial score (nSPS) is 17.4. The van der Waals surface area contributed by atoms with Crippen LogP contribution >= 0.6 is 0 Å². The summed E-state index contributed by atoms with van der Waals surface area (Å²) >= 11 is 0. The first kappa shape index (κ1) is 13.1. The molecule has 0 heterocycles. The molecule has 0 aliphatic heterocycles. The molecule has 1 saturated carbocycles. The van der Waals surface area contributed by atoms with Gasteiger partial charge in [-0.05, 0) is 57.7 Å². The van der Waals surface area contributed by atoms with Crippen LogP contribution in [0.1, 0.15) is 55.1 Å². The summed E-state index contributed by atoms with van der Waals surface area (Å²) in [5.74, 6) is -0.270. The van der Waals surface area contributed by atoms with Crippen LogP contribution in [0.2, 0.25) is 0 Å². The average molecular weight is 247 g/mol. The molecule has 0 unspecified atom stereocenters. The van der Waals surface area contributed by atoms with Crippen molar-refractivity contribution in [1.82, 2.24) is 0 Å². The van der Waals surface area contributed by atoms with Gasteiger partial charge in [0.05, 0.1) is 5.56 Å². The molecular weight excluding hydrogens is 226 g/mol. The van der Waals surface area contributed by atoms with Gasteiger partial charge in [-0.25, -0.2) is 4.79 Å². The Morgan fingerprint density at radius 2 is 1.94 bits per heavy atom. The molecule has 3 heteroatoms. The van der Waals surface area contributed by atoms with Gasteiger partial charge in [0, 0.05) is 5.54 Å². The maximum absolute atomic E-state index is 12.0. The molecule has 0 saturated heterocycles. The molecule has 0 bridgehead atoms. The van der Waals surface area contributed by atoms with Gasteiger partial charge in [-0.3, -0.25) is 0 Å². The lowest BCUT2D eigenvalue weighted by molar-refractivity contribution is 0.00687. The minimum atomic E-state index is -0.465. The topological polar surface area (TPSA) is 52.3 Å². The molecule has 98 valence electrons. The molecule has 2 N–H and O–H groups in total. The molecule has 3 nitrogen and oxygen atoms in total. The van der Waals surface area contributed by atoms with Crippen LogP contribution in [0.25, 0.3) is 0 Å². The summed E-state index contributed by atoms with van der Waals surface area (Å²) in [4.78, 5) is 12.0. The summed E-state index contributed by atoms with van der Waals surface area (Å²) in [6.45, 7) is 7.53. The minimum absolute atomic E-state index is 0.156. The van der Waals surface area contributed by atoms with Crippen molar-refractivity contribution in [3.63, 3.8) is 0 Å². The fourth-order valence-electron chi connectivity index (χ4n) is 1.96. The van der Waals surface area contributed by atoms with Gasteiger partial charge in [-0.1, -0.05) is 12.1 Å². The molecule has 0 radical (unpaired) electrons. The Bertz CT molecular complexity index is 482. The Balaban J connectivity index is 2.22. The van der Waals surface area contributed by atoms with Crippen molar-refractivity contribution in [2.75, 3.05) is 0 Å². The Labute approximate surface area is 108 Å². The molecule has 1 aromatic carbocycles. The standard InChI is InChI=1S/C15H21NO2/c1-10-9-11(15(16)7-8-15)5-6-12(10)13(17)18-14(2,3)4/h5-6,9H,7-8,16H2,1-4H3. The lowest BCUT2D eigenvalue weighted by Gasteiger charge is -2.20. The summed E-state index contributed by atoms with van der Waals surface area (Å²) in [6, 6.07) is 5.77. The highest BCUT2D eigenvalue weighted by molar-refractivity contribution is 5.91. The smallest absolute Gasteiger partial charge is 0.338 e. The maximum Gasteiger partial charge on any atom is 0.338 e. The molecule has 2 rings (SSSR count). The van der Waals surface area contributed by atoms with E-state index in [1.54, 1.807) is 0 Å². The van der Waals surface area contributed by atoms with Crippen molar-refractivity contribution in [3.05, 3.63) is 34.9 Å². The Morgan fingerprint density at radius 1 is 1.33 bits per heavy atom. The third-order valence-electron chi connectivity index (χ3n) is 3.21. The highest BCUT2D eigenvalue weighted by Gasteiger charge is 2.40. The van der Waals surface area contributed by atoms with E-state index in [0.29, 0.717) is 5.56 Å². The first-order chi connectivity index (χ1) is 8.21. The fraction of sp³-hybridized carbons (Fsp3) is 0.533. The van der Waals surface area contributed by atoms with Crippen molar-refractivity contribution in [1.29, 1.82) is 0 Å². The molecule has 0 aromatic heterocycles. The Hall–Kier alpha value is -1.35. The lowest BCUT2D eigenvalue weighted by atomic mass is 9.99. The van der Waals surface area contributed by atoms with E-state index in [1.165, 1.54) is 0 Å². The van der Waals surface area contributed by atoms with Crippen LogP contribution < -0.4 is 5.73 Å². The summed E-state index contributed by atoms with van der Waals surface area (Å²) in [5.41, 5.74) is 8.20. The van der Waals surface area contributed by atoms with Crippen LogP contribution in [0.15, 0.2) is 18.2 Å². The van der Waals surface area contributed by atoms with Gasteiger partial charge in [0.2, 0.25) is 0 Å². The molecule has 0 spiro atoms. The van der Waals surface area contributed by atoms with Gasteiger partial charge in [0.1, 0.15) is 5.60 Å². The number of rotatable bonds is 2. The van der Waals surface area contributed by atoms with Gasteiger partial charge < -0.3 is 10.5 Å². The van der Waals surface area contributed by atoms with Gasteiger partial charge in [0.15, 0.2) is 0 Å². The SMILES string of the molecule is Cc1cc(C2(N)CC2)ccc1C(=O)OC(C)(C)C. The number of hydrogen-bond donors (Lipinski definition) is 1. The number of hydrogen-bond acceptors (Lipinski definition) is 3. The fourth-order valence-corrected chi connectivity index (χ4v) is 1.96. The van der Waals surface area contributed by atoms with Crippen molar-refractivity contribution in [2.45, 2.75) is 51.7 Å². The zero-order valence-electron chi connectivity index (χ0n) is 11.5. The zero-order valence-corrected chi connectivity index (χ0v) is 11.5. The average Bonchev–Trinajstić information content (AvgIpc) is 2.94. The minimum Gasteiger partial charge on any atom is -0.456 e. The van der Waals surface area contributed by atoms with Crippen molar-refractivity contribution in [3.8, 4) is 0 Å². The monoisotopic (exact) mass is 247 g/mol. The number of ether oxygens (including phenoxy) is 1. The number of carbonyl (C=O) groups is 1. The van der Waals surface area contributed by atoms with E-state index in [1.807, 2.05) is 45.9 Å². The third kappa shape index (κ3) is 2.72. The number of nitrogens with two attached hydrogens (primary N) is 1. The molecular formula is C15H21NO2. The van der Waals surface area contributed by atoms with E-state index in [2.05, 4.69) is 0 Å². The van der Waals surface area contributed by atoms with E-state index >= 15 is 0 Å². The van der Waals surface area contributed by atoms with Crippen LogP contribution in [-0.4, -0.2) is 11.6 Å². The molecule has 0 atom stereocenters. The lowest BCUT2D eigenvalue weighted by Crippen LogP contribution is -2.25. The largest absolute Gasteiger partial charge is 0.456 e. The predicted molar refractivity (Wildman–Crippen MR) is 71.4 cm³/mol. The maximum atomic E-state index is 12.0. The summed E-state index contributed by atoms with van der Waals surface area (Å²) < 4.78 is 5.38. The van der Waals surface area contributed by atoms with Crippen LogP contribution in [-0.2, 0) is 10.3 Å². The van der Waals surface area contributed by atoms with E-state index in [9.17, 15) is 4.79 Å². The van der Waals surface area contributed by atoms with Crippen LogP contribution in [0.3, 0.4) is 0 Å².